The Morgan fingerprint density at radius 2 is 1.88 bits per heavy atom. The van der Waals surface area contributed by atoms with Gasteiger partial charge in [0.15, 0.2) is 6.61 Å². The summed E-state index contributed by atoms with van der Waals surface area (Å²) in [4.78, 5) is 25.9. The SMILES string of the molecule is COc1ccc(OCC(=O)Nc2ccc(C)c(N3CCCC3=O)c2)cc1. The van der Waals surface area contributed by atoms with Crippen molar-refractivity contribution in [1.29, 1.82) is 0 Å². The van der Waals surface area contributed by atoms with Crippen LogP contribution in [0, 0.1) is 6.92 Å². The average Bonchev–Trinajstić information content (AvgIpc) is 3.08. The molecule has 6 heteroatoms. The molecule has 1 fully saturated rings. The lowest BCUT2D eigenvalue weighted by molar-refractivity contribution is -0.118. The van der Waals surface area contributed by atoms with E-state index in [1.54, 1.807) is 36.3 Å². The van der Waals surface area contributed by atoms with Gasteiger partial charge in [-0.2, -0.15) is 0 Å². The molecule has 2 aromatic rings. The molecule has 2 amide bonds. The van der Waals surface area contributed by atoms with E-state index >= 15 is 0 Å². The van der Waals surface area contributed by atoms with Gasteiger partial charge in [0.25, 0.3) is 5.91 Å². The summed E-state index contributed by atoms with van der Waals surface area (Å²) >= 11 is 0. The molecular weight excluding hydrogens is 332 g/mol. The largest absolute Gasteiger partial charge is 0.497 e. The standard InChI is InChI=1S/C20H22N2O4/c1-14-5-6-15(12-18(14)22-11-3-4-20(22)24)21-19(23)13-26-17-9-7-16(25-2)8-10-17/h5-10,12H,3-4,11,13H2,1-2H3,(H,21,23). The summed E-state index contributed by atoms with van der Waals surface area (Å²) in [6, 6.07) is 12.6. The van der Waals surface area contributed by atoms with E-state index in [0.717, 1.165) is 30.0 Å². The number of rotatable bonds is 6. The maximum atomic E-state index is 12.1. The predicted octanol–water partition coefficient (Wildman–Crippen LogP) is 3.15. The van der Waals surface area contributed by atoms with Crippen LogP contribution in [0.5, 0.6) is 11.5 Å². The lowest BCUT2D eigenvalue weighted by atomic mass is 10.1. The van der Waals surface area contributed by atoms with Crippen LogP contribution in [0.2, 0.25) is 0 Å². The van der Waals surface area contributed by atoms with Crippen LogP contribution in [0.3, 0.4) is 0 Å². The molecule has 3 rings (SSSR count). The third-order valence-corrected chi connectivity index (χ3v) is 4.29. The molecule has 0 atom stereocenters. The number of carbonyl (C=O) groups is 2. The number of nitrogens with one attached hydrogen (secondary N) is 1. The second-order valence-corrected chi connectivity index (χ2v) is 6.16. The van der Waals surface area contributed by atoms with Gasteiger partial charge in [-0.1, -0.05) is 6.07 Å². The van der Waals surface area contributed by atoms with Crippen LogP contribution in [0.25, 0.3) is 0 Å². The minimum atomic E-state index is -0.261. The van der Waals surface area contributed by atoms with Gasteiger partial charge >= 0.3 is 0 Å². The summed E-state index contributed by atoms with van der Waals surface area (Å²) in [7, 11) is 1.59. The smallest absolute Gasteiger partial charge is 0.262 e. The molecule has 0 aliphatic carbocycles. The molecule has 1 aliphatic heterocycles. The minimum Gasteiger partial charge on any atom is -0.497 e. The quantitative estimate of drug-likeness (QED) is 0.865. The van der Waals surface area contributed by atoms with Crippen molar-refractivity contribution in [3.05, 3.63) is 48.0 Å². The molecule has 1 saturated heterocycles. The van der Waals surface area contributed by atoms with Crippen molar-refractivity contribution in [3.8, 4) is 11.5 Å². The van der Waals surface area contributed by atoms with Crippen LogP contribution in [-0.2, 0) is 9.59 Å². The molecule has 0 spiro atoms. The molecule has 0 saturated carbocycles. The Kier molecular flexibility index (Phi) is 5.41. The van der Waals surface area contributed by atoms with Crippen molar-refractivity contribution in [3.63, 3.8) is 0 Å². The fourth-order valence-electron chi connectivity index (χ4n) is 2.90. The minimum absolute atomic E-state index is 0.0990. The molecule has 0 aromatic heterocycles. The molecule has 0 radical (unpaired) electrons. The fourth-order valence-corrected chi connectivity index (χ4v) is 2.90. The van der Waals surface area contributed by atoms with Gasteiger partial charge in [0.1, 0.15) is 11.5 Å². The fraction of sp³-hybridized carbons (Fsp3) is 0.300. The third-order valence-electron chi connectivity index (χ3n) is 4.29. The van der Waals surface area contributed by atoms with Crippen LogP contribution in [0.1, 0.15) is 18.4 Å². The van der Waals surface area contributed by atoms with Gasteiger partial charge in [-0.15, -0.1) is 0 Å². The molecule has 1 heterocycles. The van der Waals surface area contributed by atoms with Crippen molar-refractivity contribution in [2.24, 2.45) is 0 Å². The van der Waals surface area contributed by atoms with Crippen LogP contribution < -0.4 is 19.7 Å². The average molecular weight is 354 g/mol. The normalized spacial score (nSPS) is 13.6. The number of amides is 2. The van der Waals surface area contributed by atoms with Gasteiger partial charge < -0.3 is 19.7 Å². The number of carbonyl (C=O) groups excluding carboxylic acids is 2. The van der Waals surface area contributed by atoms with Gasteiger partial charge in [-0.05, 0) is 55.3 Å². The third kappa shape index (κ3) is 4.14. The van der Waals surface area contributed by atoms with Crippen LogP contribution in [0.15, 0.2) is 42.5 Å². The number of anilines is 2. The van der Waals surface area contributed by atoms with Crippen LogP contribution >= 0.6 is 0 Å². The van der Waals surface area contributed by atoms with E-state index in [1.165, 1.54) is 0 Å². The highest BCUT2D eigenvalue weighted by molar-refractivity contribution is 5.98. The summed E-state index contributed by atoms with van der Waals surface area (Å²) in [6.45, 7) is 2.58. The molecule has 26 heavy (non-hydrogen) atoms. The Bertz CT molecular complexity index is 802. The maximum Gasteiger partial charge on any atom is 0.262 e. The molecule has 6 nitrogen and oxygen atoms in total. The number of methoxy groups -OCH3 is 1. The van der Waals surface area contributed by atoms with Gasteiger partial charge in [-0.25, -0.2) is 0 Å². The Morgan fingerprint density at radius 1 is 1.15 bits per heavy atom. The summed E-state index contributed by atoms with van der Waals surface area (Å²) in [5.41, 5.74) is 2.50. The van der Waals surface area contributed by atoms with Crippen molar-refractivity contribution in [2.45, 2.75) is 19.8 Å². The van der Waals surface area contributed by atoms with E-state index in [1.807, 2.05) is 25.1 Å². The molecule has 0 bridgehead atoms. The Labute approximate surface area is 152 Å². The first kappa shape index (κ1) is 17.8. The van der Waals surface area contributed by atoms with E-state index in [2.05, 4.69) is 5.32 Å². The number of nitrogens with zero attached hydrogens (tertiary/aromatic N) is 1. The number of benzene rings is 2. The Morgan fingerprint density at radius 3 is 2.54 bits per heavy atom. The zero-order chi connectivity index (χ0) is 18.5. The molecule has 0 unspecified atom stereocenters. The number of hydrogen-bond donors (Lipinski definition) is 1. The van der Waals surface area contributed by atoms with Gasteiger partial charge in [0.2, 0.25) is 5.91 Å². The highest BCUT2D eigenvalue weighted by atomic mass is 16.5. The lowest BCUT2D eigenvalue weighted by Gasteiger charge is -2.19. The lowest BCUT2D eigenvalue weighted by Crippen LogP contribution is -2.25. The summed E-state index contributed by atoms with van der Waals surface area (Å²) in [6.07, 6.45) is 1.44. The predicted molar refractivity (Wildman–Crippen MR) is 99.9 cm³/mol. The maximum absolute atomic E-state index is 12.1. The second-order valence-electron chi connectivity index (χ2n) is 6.16. The number of aryl methyl sites for hydroxylation is 1. The second kappa shape index (κ2) is 7.91. The van der Waals surface area contributed by atoms with Crippen LogP contribution in [-0.4, -0.2) is 32.1 Å². The highest BCUT2D eigenvalue weighted by Crippen LogP contribution is 2.28. The van der Waals surface area contributed by atoms with E-state index in [0.29, 0.717) is 17.9 Å². The molecule has 1 N–H and O–H groups in total. The zero-order valence-corrected chi connectivity index (χ0v) is 15.0. The van der Waals surface area contributed by atoms with E-state index in [-0.39, 0.29) is 18.4 Å². The number of hydrogen-bond acceptors (Lipinski definition) is 4. The molecule has 1 aliphatic rings. The van der Waals surface area contributed by atoms with Crippen molar-refractivity contribution in [1.82, 2.24) is 0 Å². The monoisotopic (exact) mass is 354 g/mol. The molecular formula is C20H22N2O4. The number of ether oxygens (including phenoxy) is 2. The first-order valence-corrected chi connectivity index (χ1v) is 8.54. The van der Waals surface area contributed by atoms with Gasteiger partial charge in [0, 0.05) is 24.3 Å². The van der Waals surface area contributed by atoms with E-state index in [9.17, 15) is 9.59 Å². The van der Waals surface area contributed by atoms with Crippen LogP contribution in [0.4, 0.5) is 11.4 Å². The summed E-state index contributed by atoms with van der Waals surface area (Å²) in [5, 5.41) is 2.81. The van der Waals surface area contributed by atoms with Gasteiger partial charge in [-0.3, -0.25) is 9.59 Å². The first-order valence-electron chi connectivity index (χ1n) is 8.54. The summed E-state index contributed by atoms with van der Waals surface area (Å²) in [5.74, 6) is 1.18. The highest BCUT2D eigenvalue weighted by Gasteiger charge is 2.23. The molecule has 136 valence electrons. The van der Waals surface area contributed by atoms with Crippen molar-refractivity contribution < 1.29 is 19.1 Å². The Balaban J connectivity index is 1.61. The summed E-state index contributed by atoms with van der Waals surface area (Å²) < 4.78 is 10.6. The van der Waals surface area contributed by atoms with Gasteiger partial charge in [0.05, 0.1) is 7.11 Å². The molecule has 2 aromatic carbocycles. The zero-order valence-electron chi connectivity index (χ0n) is 15.0. The van der Waals surface area contributed by atoms with Crippen molar-refractivity contribution >= 4 is 23.2 Å². The Hall–Kier alpha value is -3.02. The topological polar surface area (TPSA) is 67.9 Å². The van der Waals surface area contributed by atoms with E-state index < -0.39 is 0 Å². The van der Waals surface area contributed by atoms with Crippen molar-refractivity contribution in [2.75, 3.05) is 30.5 Å². The first-order chi connectivity index (χ1) is 12.6. The van der Waals surface area contributed by atoms with E-state index in [4.69, 9.17) is 9.47 Å².